The van der Waals surface area contributed by atoms with E-state index in [2.05, 4.69) is 31.1 Å². The largest absolute Gasteiger partial charge is 0.370 e. The number of amides is 1. The van der Waals surface area contributed by atoms with E-state index >= 15 is 0 Å². The van der Waals surface area contributed by atoms with Gasteiger partial charge in [0.25, 0.3) is 5.91 Å². The molecule has 0 aliphatic carbocycles. The maximum Gasteiger partial charge on any atom is 0.272 e. The summed E-state index contributed by atoms with van der Waals surface area (Å²) in [5, 5.41) is 4.20. The third-order valence-corrected chi connectivity index (χ3v) is 4.46. The predicted molar refractivity (Wildman–Crippen MR) is 85.4 cm³/mol. The van der Waals surface area contributed by atoms with Crippen molar-refractivity contribution in [2.24, 2.45) is 0 Å². The van der Waals surface area contributed by atoms with Crippen LogP contribution < -0.4 is 5.32 Å². The monoisotopic (exact) mass is 293 g/mol. The molecule has 0 aromatic carbocycles. The molecule has 110 valence electrons. The highest BCUT2D eigenvalue weighted by Crippen LogP contribution is 2.25. The Hall–Kier alpha value is -1.23. The van der Waals surface area contributed by atoms with Crippen LogP contribution in [-0.2, 0) is 0 Å². The van der Waals surface area contributed by atoms with Gasteiger partial charge in [0.15, 0.2) is 0 Å². The Morgan fingerprint density at radius 1 is 1.40 bits per heavy atom. The summed E-state index contributed by atoms with van der Waals surface area (Å²) in [5.74, 6) is 0.828. The fraction of sp³-hybridized carbons (Fsp3) is 0.600. The standard InChI is InChI=1S/C15H23N3OS/c1-4-8-16-14-7-5-6-13(17-14)15(19)18-9-11(2)20-12(3)10-18/h5-7,11-12H,4,8-10H2,1-3H3,(H,16,17). The minimum Gasteiger partial charge on any atom is -0.370 e. The maximum atomic E-state index is 12.5. The van der Waals surface area contributed by atoms with E-state index in [-0.39, 0.29) is 5.91 Å². The minimum atomic E-state index is 0.0455. The third-order valence-electron chi connectivity index (χ3n) is 3.23. The topological polar surface area (TPSA) is 45.2 Å². The summed E-state index contributed by atoms with van der Waals surface area (Å²) >= 11 is 1.95. The highest BCUT2D eigenvalue weighted by molar-refractivity contribution is 8.00. The Morgan fingerprint density at radius 3 is 2.75 bits per heavy atom. The van der Waals surface area contributed by atoms with Crippen LogP contribution >= 0.6 is 11.8 Å². The molecular weight excluding hydrogens is 270 g/mol. The highest BCUT2D eigenvalue weighted by atomic mass is 32.2. The molecule has 4 nitrogen and oxygen atoms in total. The van der Waals surface area contributed by atoms with Crippen molar-refractivity contribution in [2.75, 3.05) is 25.0 Å². The van der Waals surface area contributed by atoms with Crippen LogP contribution in [0.3, 0.4) is 0 Å². The fourth-order valence-electron chi connectivity index (χ4n) is 2.41. The van der Waals surface area contributed by atoms with Gasteiger partial charge in [-0.05, 0) is 18.6 Å². The molecule has 0 radical (unpaired) electrons. The van der Waals surface area contributed by atoms with E-state index in [0.29, 0.717) is 16.2 Å². The summed E-state index contributed by atoms with van der Waals surface area (Å²) in [7, 11) is 0. The van der Waals surface area contributed by atoms with Crippen molar-refractivity contribution in [3.05, 3.63) is 23.9 Å². The van der Waals surface area contributed by atoms with Crippen molar-refractivity contribution in [1.82, 2.24) is 9.88 Å². The van der Waals surface area contributed by atoms with Crippen LogP contribution in [0, 0.1) is 0 Å². The lowest BCUT2D eigenvalue weighted by Crippen LogP contribution is -2.44. The molecule has 1 amide bonds. The first-order chi connectivity index (χ1) is 9.60. The number of pyridine rings is 1. The van der Waals surface area contributed by atoms with E-state index in [1.807, 2.05) is 28.8 Å². The average molecular weight is 293 g/mol. The summed E-state index contributed by atoms with van der Waals surface area (Å²) < 4.78 is 0. The SMILES string of the molecule is CCCNc1cccc(C(=O)N2CC(C)SC(C)C2)n1. The average Bonchev–Trinajstić information content (AvgIpc) is 2.43. The van der Waals surface area contributed by atoms with Gasteiger partial charge in [0.2, 0.25) is 0 Å². The lowest BCUT2D eigenvalue weighted by Gasteiger charge is -2.34. The molecule has 1 fully saturated rings. The number of nitrogens with one attached hydrogen (secondary N) is 1. The van der Waals surface area contributed by atoms with Crippen LogP contribution in [0.2, 0.25) is 0 Å². The molecule has 2 rings (SSSR count). The van der Waals surface area contributed by atoms with Crippen molar-refractivity contribution < 1.29 is 4.79 Å². The third kappa shape index (κ3) is 3.88. The first-order valence-corrected chi connectivity index (χ1v) is 8.20. The Bertz CT molecular complexity index is 456. The molecule has 1 N–H and O–H groups in total. The van der Waals surface area contributed by atoms with Gasteiger partial charge in [-0.3, -0.25) is 4.79 Å². The second-order valence-corrected chi connectivity index (χ2v) is 7.18. The van der Waals surface area contributed by atoms with Crippen LogP contribution in [0.15, 0.2) is 18.2 Å². The molecule has 20 heavy (non-hydrogen) atoms. The summed E-state index contributed by atoms with van der Waals surface area (Å²) in [6.45, 7) is 8.94. The van der Waals surface area contributed by atoms with E-state index in [1.54, 1.807) is 6.07 Å². The first-order valence-electron chi connectivity index (χ1n) is 7.25. The van der Waals surface area contributed by atoms with Gasteiger partial charge in [0.05, 0.1) is 0 Å². The summed E-state index contributed by atoms with van der Waals surface area (Å²) in [6.07, 6.45) is 1.04. The quantitative estimate of drug-likeness (QED) is 0.927. The zero-order chi connectivity index (χ0) is 14.5. The van der Waals surface area contributed by atoms with Crippen LogP contribution in [0.5, 0.6) is 0 Å². The molecular formula is C15H23N3OS. The van der Waals surface area contributed by atoms with Gasteiger partial charge < -0.3 is 10.2 Å². The van der Waals surface area contributed by atoms with E-state index in [0.717, 1.165) is 31.9 Å². The molecule has 0 spiro atoms. The number of thioether (sulfide) groups is 1. The number of hydrogen-bond donors (Lipinski definition) is 1. The van der Waals surface area contributed by atoms with Crippen molar-refractivity contribution in [3.63, 3.8) is 0 Å². The van der Waals surface area contributed by atoms with Gasteiger partial charge in [-0.25, -0.2) is 4.98 Å². The minimum absolute atomic E-state index is 0.0455. The number of nitrogens with zero attached hydrogens (tertiary/aromatic N) is 2. The number of rotatable bonds is 4. The van der Waals surface area contributed by atoms with Crippen molar-refractivity contribution >= 4 is 23.5 Å². The molecule has 5 heteroatoms. The lowest BCUT2D eigenvalue weighted by atomic mass is 10.2. The molecule has 1 aromatic heterocycles. The molecule has 1 aromatic rings. The number of hydrogen-bond acceptors (Lipinski definition) is 4. The summed E-state index contributed by atoms with van der Waals surface area (Å²) in [6, 6.07) is 5.60. The van der Waals surface area contributed by atoms with E-state index in [4.69, 9.17) is 0 Å². The zero-order valence-corrected chi connectivity index (χ0v) is 13.2. The van der Waals surface area contributed by atoms with Gasteiger partial charge in [0.1, 0.15) is 11.5 Å². The number of aromatic nitrogens is 1. The smallest absolute Gasteiger partial charge is 0.272 e. The molecule has 2 unspecified atom stereocenters. The summed E-state index contributed by atoms with van der Waals surface area (Å²) in [5.41, 5.74) is 0.539. The molecule has 2 atom stereocenters. The van der Waals surface area contributed by atoms with E-state index < -0.39 is 0 Å². The molecule has 1 aliphatic rings. The van der Waals surface area contributed by atoms with Gasteiger partial charge >= 0.3 is 0 Å². The number of carbonyl (C=O) groups excluding carboxylic acids is 1. The van der Waals surface area contributed by atoms with Crippen LogP contribution in [0.4, 0.5) is 5.82 Å². The number of anilines is 1. The van der Waals surface area contributed by atoms with Gasteiger partial charge in [-0.15, -0.1) is 0 Å². The Morgan fingerprint density at radius 2 is 2.10 bits per heavy atom. The van der Waals surface area contributed by atoms with Crippen LogP contribution in [-0.4, -0.2) is 45.9 Å². The second kappa shape index (κ2) is 6.97. The fourth-order valence-corrected chi connectivity index (χ4v) is 3.74. The molecule has 2 heterocycles. The molecule has 0 saturated carbocycles. The molecule has 1 saturated heterocycles. The second-order valence-electron chi connectivity index (χ2n) is 5.30. The lowest BCUT2D eigenvalue weighted by molar-refractivity contribution is 0.0747. The first kappa shape index (κ1) is 15.2. The van der Waals surface area contributed by atoms with Crippen molar-refractivity contribution in [3.8, 4) is 0 Å². The number of carbonyl (C=O) groups is 1. The van der Waals surface area contributed by atoms with Crippen molar-refractivity contribution in [1.29, 1.82) is 0 Å². The van der Waals surface area contributed by atoms with E-state index in [9.17, 15) is 4.79 Å². The maximum absolute atomic E-state index is 12.5. The van der Waals surface area contributed by atoms with Crippen LogP contribution in [0.1, 0.15) is 37.7 Å². The normalized spacial score (nSPS) is 22.6. The van der Waals surface area contributed by atoms with Crippen molar-refractivity contribution in [2.45, 2.75) is 37.7 Å². The van der Waals surface area contributed by atoms with Gasteiger partial charge in [-0.1, -0.05) is 26.8 Å². The highest BCUT2D eigenvalue weighted by Gasteiger charge is 2.27. The van der Waals surface area contributed by atoms with E-state index in [1.165, 1.54) is 0 Å². The predicted octanol–water partition coefficient (Wildman–Crippen LogP) is 2.87. The summed E-state index contributed by atoms with van der Waals surface area (Å²) in [4.78, 5) is 18.9. The Labute approximate surface area is 125 Å². The van der Waals surface area contributed by atoms with Gasteiger partial charge in [-0.2, -0.15) is 11.8 Å². The van der Waals surface area contributed by atoms with Crippen LogP contribution in [0.25, 0.3) is 0 Å². The zero-order valence-electron chi connectivity index (χ0n) is 12.4. The Kier molecular flexibility index (Phi) is 5.29. The Balaban J connectivity index is 2.08. The molecule has 0 bridgehead atoms. The van der Waals surface area contributed by atoms with Gasteiger partial charge in [0, 0.05) is 30.1 Å². The molecule has 1 aliphatic heterocycles.